The zero-order chi connectivity index (χ0) is 24.0. The fraction of sp³-hybridized carbons (Fsp3) is 0.464. The maximum Gasteiger partial charge on any atom is 0.223 e. The molecule has 2 aliphatic heterocycles. The molecule has 0 aliphatic carbocycles. The molecule has 2 aromatic carbocycles. The van der Waals surface area contributed by atoms with Gasteiger partial charge < -0.3 is 10.3 Å². The van der Waals surface area contributed by atoms with Gasteiger partial charge in [0.2, 0.25) is 5.91 Å². The van der Waals surface area contributed by atoms with Crippen LogP contribution in [0.5, 0.6) is 0 Å². The third-order valence-electron chi connectivity index (χ3n) is 8.48. The van der Waals surface area contributed by atoms with Crippen LogP contribution >= 0.6 is 31.9 Å². The first kappa shape index (κ1) is 24.1. The van der Waals surface area contributed by atoms with E-state index in [1.54, 1.807) is 0 Å². The molecule has 4 nitrogen and oxygen atoms in total. The van der Waals surface area contributed by atoms with Gasteiger partial charge in [-0.1, -0.05) is 44.2 Å². The fourth-order valence-electron chi connectivity index (χ4n) is 6.56. The van der Waals surface area contributed by atoms with Crippen LogP contribution in [-0.4, -0.2) is 28.9 Å². The van der Waals surface area contributed by atoms with Crippen molar-refractivity contribution in [2.75, 3.05) is 13.1 Å². The smallest absolute Gasteiger partial charge is 0.223 e. The number of nitrogens with one attached hydrogen (secondary N) is 2. The van der Waals surface area contributed by atoms with Crippen LogP contribution in [0.3, 0.4) is 0 Å². The van der Waals surface area contributed by atoms with Crippen LogP contribution in [0.1, 0.15) is 68.9 Å². The molecular formula is C28H33Br2N3O. The molecule has 1 aromatic heterocycles. The molecule has 5 rings (SSSR count). The summed E-state index contributed by atoms with van der Waals surface area (Å²) in [5.41, 5.74) is 4.93. The number of benzene rings is 2. The number of carbonyl (C=O) groups is 1. The Kier molecular flexibility index (Phi) is 6.68. The number of nitrogens with zero attached hydrogens (tertiary/aromatic N) is 1. The van der Waals surface area contributed by atoms with E-state index in [1.807, 2.05) is 18.2 Å². The normalized spacial score (nSPS) is 24.3. The number of rotatable bonds is 5. The van der Waals surface area contributed by atoms with Crippen LogP contribution in [-0.2, 0) is 11.2 Å². The first-order chi connectivity index (χ1) is 16.4. The van der Waals surface area contributed by atoms with Crippen molar-refractivity contribution < 1.29 is 4.79 Å². The molecule has 0 spiro atoms. The minimum absolute atomic E-state index is 0.00644. The SMILES string of the molecule is CC[C@@]1(C(C)C(=O)N[C@H](C)c2ccccc2)CCCN2CCc3c([nH]c4ccc(Br)c(Br)c34)[C@@H]21. The van der Waals surface area contributed by atoms with E-state index in [0.717, 1.165) is 53.3 Å². The number of carbonyl (C=O) groups excluding carboxylic acids is 1. The number of amides is 1. The molecule has 34 heavy (non-hydrogen) atoms. The summed E-state index contributed by atoms with van der Waals surface area (Å²) >= 11 is 7.52. The van der Waals surface area contributed by atoms with Crippen molar-refractivity contribution in [3.05, 3.63) is 68.2 Å². The Balaban J connectivity index is 1.53. The number of aromatic amines is 1. The highest BCUT2D eigenvalue weighted by Gasteiger charge is 2.52. The van der Waals surface area contributed by atoms with Crippen molar-refractivity contribution in [3.8, 4) is 0 Å². The Morgan fingerprint density at radius 2 is 1.94 bits per heavy atom. The van der Waals surface area contributed by atoms with Gasteiger partial charge in [-0.2, -0.15) is 0 Å². The van der Waals surface area contributed by atoms with E-state index in [-0.39, 0.29) is 29.3 Å². The van der Waals surface area contributed by atoms with E-state index in [9.17, 15) is 4.79 Å². The lowest BCUT2D eigenvalue weighted by Gasteiger charge is -2.54. The maximum absolute atomic E-state index is 13.7. The minimum Gasteiger partial charge on any atom is -0.357 e. The lowest BCUT2D eigenvalue weighted by atomic mass is 9.61. The largest absolute Gasteiger partial charge is 0.357 e. The van der Waals surface area contributed by atoms with Gasteiger partial charge in [0.15, 0.2) is 0 Å². The van der Waals surface area contributed by atoms with E-state index in [2.05, 4.69) is 92.1 Å². The summed E-state index contributed by atoms with van der Waals surface area (Å²) in [6.07, 6.45) is 4.22. The highest BCUT2D eigenvalue weighted by atomic mass is 79.9. The van der Waals surface area contributed by atoms with Crippen LogP contribution in [0.15, 0.2) is 51.4 Å². The van der Waals surface area contributed by atoms with Crippen molar-refractivity contribution >= 4 is 48.7 Å². The molecule has 1 unspecified atom stereocenters. The van der Waals surface area contributed by atoms with Crippen molar-refractivity contribution in [1.82, 2.24) is 15.2 Å². The summed E-state index contributed by atoms with van der Waals surface area (Å²) in [4.78, 5) is 20.1. The highest BCUT2D eigenvalue weighted by molar-refractivity contribution is 9.13. The average molecular weight is 587 g/mol. The van der Waals surface area contributed by atoms with Crippen LogP contribution in [0.2, 0.25) is 0 Å². The van der Waals surface area contributed by atoms with Gasteiger partial charge in [-0.15, -0.1) is 0 Å². The van der Waals surface area contributed by atoms with Gasteiger partial charge in [0, 0.05) is 43.4 Å². The van der Waals surface area contributed by atoms with E-state index < -0.39 is 0 Å². The Morgan fingerprint density at radius 3 is 2.68 bits per heavy atom. The lowest BCUT2D eigenvalue weighted by Crippen LogP contribution is -2.54. The molecule has 1 fully saturated rings. The molecule has 180 valence electrons. The summed E-state index contributed by atoms with van der Waals surface area (Å²) in [6, 6.07) is 14.7. The minimum atomic E-state index is -0.113. The van der Waals surface area contributed by atoms with Gasteiger partial charge in [-0.3, -0.25) is 9.69 Å². The molecular weight excluding hydrogens is 554 g/mol. The molecule has 2 aliphatic rings. The molecule has 0 radical (unpaired) electrons. The second kappa shape index (κ2) is 9.44. The molecule has 3 aromatic rings. The Labute approximate surface area is 219 Å². The standard InChI is InChI=1S/C28H33Br2N3O/c1-4-28(17(2)27(34)31-18(3)19-9-6-5-7-10-19)14-8-15-33-16-13-20-23-22(32-25(20)26(28)33)12-11-21(29)24(23)30/h5-7,9-12,17-18,26,32H,4,8,13-16H2,1-3H3,(H,31,34)/t17?,18-,26-,28+/m1/s1. The third-order valence-corrected chi connectivity index (χ3v) is 10.5. The fourth-order valence-corrected chi connectivity index (χ4v) is 7.47. The van der Waals surface area contributed by atoms with Crippen LogP contribution in [0.4, 0.5) is 0 Å². The summed E-state index contributed by atoms with van der Waals surface area (Å²) < 4.78 is 2.20. The van der Waals surface area contributed by atoms with E-state index in [4.69, 9.17) is 0 Å². The number of halogens is 2. The zero-order valence-corrected chi connectivity index (χ0v) is 23.3. The number of fused-ring (bicyclic) bond motifs is 5. The Bertz CT molecular complexity index is 1210. The van der Waals surface area contributed by atoms with Gasteiger partial charge in [-0.05, 0) is 94.3 Å². The lowest BCUT2D eigenvalue weighted by molar-refractivity contribution is -0.135. The van der Waals surface area contributed by atoms with Crippen molar-refractivity contribution in [1.29, 1.82) is 0 Å². The molecule has 0 saturated carbocycles. The van der Waals surface area contributed by atoms with Crippen LogP contribution in [0.25, 0.3) is 10.9 Å². The van der Waals surface area contributed by atoms with Crippen LogP contribution < -0.4 is 5.32 Å². The molecule has 2 N–H and O–H groups in total. The topological polar surface area (TPSA) is 48.1 Å². The van der Waals surface area contributed by atoms with Gasteiger partial charge in [0.05, 0.1) is 12.1 Å². The first-order valence-corrected chi connectivity index (χ1v) is 14.0. The molecule has 1 amide bonds. The summed E-state index contributed by atoms with van der Waals surface area (Å²) in [6.45, 7) is 8.65. The second-order valence-corrected chi connectivity index (χ2v) is 11.7. The summed E-state index contributed by atoms with van der Waals surface area (Å²) in [5.74, 6) is 0.0659. The van der Waals surface area contributed by atoms with Gasteiger partial charge in [-0.25, -0.2) is 0 Å². The Morgan fingerprint density at radius 1 is 1.18 bits per heavy atom. The van der Waals surface area contributed by atoms with Gasteiger partial charge >= 0.3 is 0 Å². The molecule has 1 saturated heterocycles. The average Bonchev–Trinajstić information content (AvgIpc) is 3.25. The van der Waals surface area contributed by atoms with Crippen LogP contribution in [0, 0.1) is 11.3 Å². The van der Waals surface area contributed by atoms with E-state index in [0.29, 0.717) is 0 Å². The molecule has 3 heterocycles. The predicted molar refractivity (Wildman–Crippen MR) is 146 cm³/mol. The third kappa shape index (κ3) is 3.86. The van der Waals surface area contributed by atoms with E-state index >= 15 is 0 Å². The molecule has 0 bridgehead atoms. The van der Waals surface area contributed by atoms with E-state index in [1.165, 1.54) is 22.2 Å². The monoisotopic (exact) mass is 585 g/mol. The first-order valence-electron chi connectivity index (χ1n) is 12.4. The second-order valence-electron chi connectivity index (χ2n) is 10.0. The van der Waals surface area contributed by atoms with Crippen molar-refractivity contribution in [3.63, 3.8) is 0 Å². The van der Waals surface area contributed by atoms with Gasteiger partial charge in [0.1, 0.15) is 0 Å². The quantitative estimate of drug-likeness (QED) is 0.329. The summed E-state index contributed by atoms with van der Waals surface area (Å²) in [5, 5.41) is 4.62. The molecule has 6 heteroatoms. The number of hydrogen-bond donors (Lipinski definition) is 2. The predicted octanol–water partition coefficient (Wildman–Crippen LogP) is 7.30. The van der Waals surface area contributed by atoms with Gasteiger partial charge in [0.25, 0.3) is 0 Å². The number of piperidine rings is 1. The number of H-pyrrole nitrogens is 1. The molecule has 4 atom stereocenters. The van der Waals surface area contributed by atoms with Crippen molar-refractivity contribution in [2.45, 2.75) is 58.5 Å². The zero-order valence-electron chi connectivity index (χ0n) is 20.1. The summed E-state index contributed by atoms with van der Waals surface area (Å²) in [7, 11) is 0. The van der Waals surface area contributed by atoms with Crippen molar-refractivity contribution in [2.24, 2.45) is 11.3 Å². The number of aromatic nitrogens is 1. The highest BCUT2D eigenvalue weighted by Crippen LogP contribution is 2.56. The Hall–Kier alpha value is -1.63. The number of hydrogen-bond acceptors (Lipinski definition) is 2. The maximum atomic E-state index is 13.7.